The van der Waals surface area contributed by atoms with Gasteiger partial charge >= 0.3 is 0 Å². The zero-order chi connectivity index (χ0) is 16.1. The molecule has 126 valence electrons. The van der Waals surface area contributed by atoms with Gasteiger partial charge in [0, 0.05) is 25.3 Å². The molecule has 1 saturated carbocycles. The van der Waals surface area contributed by atoms with Gasteiger partial charge in [0.15, 0.2) is 5.65 Å². The standard InChI is InChI=1S/C18H22N4O2/c23-18(21-9-14-5-6-15(10-21)24-14)12-7-16-17(19-8-12)22(11-20-16)13-3-1-2-4-13/h7-8,11,13-15H,1-6,9-10H2/t14-,15+. The van der Waals surface area contributed by atoms with Crippen molar-refractivity contribution in [3.8, 4) is 0 Å². The number of hydrogen-bond donors (Lipinski definition) is 0. The molecular formula is C18H22N4O2. The molecule has 2 aromatic heterocycles. The van der Waals surface area contributed by atoms with E-state index in [-0.39, 0.29) is 18.1 Å². The van der Waals surface area contributed by atoms with Crippen molar-refractivity contribution in [1.82, 2.24) is 19.4 Å². The lowest BCUT2D eigenvalue weighted by Gasteiger charge is -2.32. The van der Waals surface area contributed by atoms with Crippen molar-refractivity contribution < 1.29 is 9.53 Å². The number of likely N-dealkylation sites (tertiary alicyclic amines) is 1. The second-order valence-corrected chi connectivity index (χ2v) is 7.32. The number of pyridine rings is 1. The molecule has 4 heterocycles. The first kappa shape index (κ1) is 14.4. The average Bonchev–Trinajstić information content (AvgIpc) is 3.33. The maximum absolute atomic E-state index is 12.8. The van der Waals surface area contributed by atoms with Crippen molar-refractivity contribution in [2.75, 3.05) is 13.1 Å². The number of fused-ring (bicyclic) bond motifs is 3. The van der Waals surface area contributed by atoms with E-state index in [1.807, 2.05) is 17.3 Å². The number of hydrogen-bond acceptors (Lipinski definition) is 4. The minimum Gasteiger partial charge on any atom is -0.371 e. The lowest BCUT2D eigenvalue weighted by atomic mass is 10.2. The van der Waals surface area contributed by atoms with E-state index in [1.54, 1.807) is 6.20 Å². The van der Waals surface area contributed by atoms with Gasteiger partial charge < -0.3 is 14.2 Å². The molecule has 3 fully saturated rings. The highest BCUT2D eigenvalue weighted by molar-refractivity contribution is 5.96. The third-order valence-corrected chi connectivity index (χ3v) is 5.71. The normalized spacial score (nSPS) is 27.2. The maximum atomic E-state index is 12.8. The summed E-state index contributed by atoms with van der Waals surface area (Å²) in [6.45, 7) is 1.40. The zero-order valence-corrected chi connectivity index (χ0v) is 13.7. The van der Waals surface area contributed by atoms with Gasteiger partial charge in [0.1, 0.15) is 5.52 Å². The van der Waals surface area contributed by atoms with Crippen molar-refractivity contribution in [3.05, 3.63) is 24.2 Å². The average molecular weight is 326 g/mol. The first-order valence-electron chi connectivity index (χ1n) is 9.05. The Morgan fingerprint density at radius 2 is 1.83 bits per heavy atom. The lowest BCUT2D eigenvalue weighted by molar-refractivity contribution is -0.0303. The Labute approximate surface area is 140 Å². The van der Waals surface area contributed by atoms with Gasteiger partial charge in [-0.1, -0.05) is 12.8 Å². The summed E-state index contributed by atoms with van der Waals surface area (Å²) >= 11 is 0. The van der Waals surface area contributed by atoms with Crippen LogP contribution in [0.5, 0.6) is 0 Å². The summed E-state index contributed by atoms with van der Waals surface area (Å²) in [7, 11) is 0. The van der Waals surface area contributed by atoms with Crippen LogP contribution in [0.1, 0.15) is 54.9 Å². The van der Waals surface area contributed by atoms with Crippen LogP contribution in [-0.4, -0.2) is 50.6 Å². The SMILES string of the molecule is O=C(c1cnc2c(c1)ncn2C1CCCC1)N1C[C@H]2CC[C@@H](C1)O2. The minimum absolute atomic E-state index is 0.0556. The molecule has 0 unspecified atom stereocenters. The Morgan fingerprint density at radius 1 is 1.08 bits per heavy atom. The van der Waals surface area contributed by atoms with E-state index < -0.39 is 0 Å². The third-order valence-electron chi connectivity index (χ3n) is 5.71. The number of ether oxygens (including phenoxy) is 1. The number of rotatable bonds is 2. The fourth-order valence-electron chi connectivity index (χ4n) is 4.45. The molecule has 6 nitrogen and oxygen atoms in total. The van der Waals surface area contributed by atoms with E-state index in [0.29, 0.717) is 24.7 Å². The van der Waals surface area contributed by atoms with Crippen molar-refractivity contribution in [2.45, 2.75) is 56.8 Å². The van der Waals surface area contributed by atoms with Gasteiger partial charge in [0.2, 0.25) is 0 Å². The smallest absolute Gasteiger partial charge is 0.255 e. The summed E-state index contributed by atoms with van der Waals surface area (Å²) in [5, 5.41) is 0. The Balaban J connectivity index is 1.42. The van der Waals surface area contributed by atoms with Crippen LogP contribution in [0.15, 0.2) is 18.6 Å². The first-order chi connectivity index (χ1) is 11.8. The van der Waals surface area contributed by atoms with E-state index >= 15 is 0 Å². The van der Waals surface area contributed by atoms with Crippen LogP contribution < -0.4 is 0 Å². The van der Waals surface area contributed by atoms with Gasteiger partial charge in [0.25, 0.3) is 5.91 Å². The number of carbonyl (C=O) groups is 1. The van der Waals surface area contributed by atoms with E-state index in [0.717, 1.165) is 24.0 Å². The Morgan fingerprint density at radius 3 is 2.58 bits per heavy atom. The van der Waals surface area contributed by atoms with Crippen LogP contribution in [0.3, 0.4) is 0 Å². The summed E-state index contributed by atoms with van der Waals surface area (Å²) < 4.78 is 8.00. The van der Waals surface area contributed by atoms with Crippen LogP contribution in [0.4, 0.5) is 0 Å². The monoisotopic (exact) mass is 326 g/mol. The predicted molar refractivity (Wildman–Crippen MR) is 88.8 cm³/mol. The van der Waals surface area contributed by atoms with Gasteiger partial charge in [-0.15, -0.1) is 0 Å². The summed E-state index contributed by atoms with van der Waals surface area (Å²) in [6, 6.07) is 2.41. The van der Waals surface area contributed by atoms with Crippen molar-refractivity contribution in [3.63, 3.8) is 0 Å². The number of nitrogens with zero attached hydrogens (tertiary/aromatic N) is 4. The van der Waals surface area contributed by atoms with Crippen LogP contribution in [0, 0.1) is 0 Å². The van der Waals surface area contributed by atoms with Crippen LogP contribution in [0.25, 0.3) is 11.2 Å². The topological polar surface area (TPSA) is 60.2 Å². The molecule has 0 N–H and O–H groups in total. The van der Waals surface area contributed by atoms with Gasteiger partial charge in [-0.3, -0.25) is 4.79 Å². The molecule has 2 aromatic rings. The summed E-state index contributed by atoms with van der Waals surface area (Å²) in [5.41, 5.74) is 2.37. The molecule has 1 amide bonds. The molecule has 3 aliphatic rings. The van der Waals surface area contributed by atoms with Gasteiger partial charge in [0.05, 0.1) is 24.1 Å². The van der Waals surface area contributed by atoms with Crippen molar-refractivity contribution in [1.29, 1.82) is 0 Å². The first-order valence-corrected chi connectivity index (χ1v) is 9.05. The number of aromatic nitrogens is 3. The quantitative estimate of drug-likeness (QED) is 0.851. The predicted octanol–water partition coefficient (Wildman–Crippen LogP) is 2.55. The van der Waals surface area contributed by atoms with Gasteiger partial charge in [-0.2, -0.15) is 0 Å². The molecule has 2 bridgehead atoms. The molecule has 24 heavy (non-hydrogen) atoms. The molecule has 0 aromatic carbocycles. The Kier molecular flexibility index (Phi) is 3.33. The van der Waals surface area contributed by atoms with Gasteiger partial charge in [-0.05, 0) is 31.7 Å². The van der Waals surface area contributed by atoms with Crippen molar-refractivity contribution >= 4 is 17.1 Å². The summed E-state index contributed by atoms with van der Waals surface area (Å²) in [5.74, 6) is 0.0556. The molecule has 2 atom stereocenters. The molecule has 2 saturated heterocycles. The molecule has 6 heteroatoms. The molecule has 0 radical (unpaired) electrons. The van der Waals surface area contributed by atoms with Crippen molar-refractivity contribution in [2.24, 2.45) is 0 Å². The highest BCUT2D eigenvalue weighted by Gasteiger charge is 2.36. The number of morpholine rings is 1. The van der Waals surface area contributed by atoms with Crippen LogP contribution in [0.2, 0.25) is 0 Å². The molecule has 1 aliphatic carbocycles. The molecule has 0 spiro atoms. The van der Waals surface area contributed by atoms with E-state index in [2.05, 4.69) is 14.5 Å². The highest BCUT2D eigenvalue weighted by atomic mass is 16.5. The molecular weight excluding hydrogens is 304 g/mol. The van der Waals surface area contributed by atoms with E-state index in [4.69, 9.17) is 4.74 Å². The molecule has 5 rings (SSSR count). The summed E-state index contributed by atoms with van der Waals surface area (Å²) in [4.78, 5) is 23.8. The second-order valence-electron chi connectivity index (χ2n) is 7.32. The van der Waals surface area contributed by atoms with Gasteiger partial charge in [-0.25, -0.2) is 9.97 Å². The van der Waals surface area contributed by atoms with Crippen LogP contribution >= 0.6 is 0 Å². The summed E-state index contributed by atoms with van der Waals surface area (Å²) in [6.07, 6.45) is 11.1. The number of amides is 1. The van der Waals surface area contributed by atoms with Crippen LogP contribution in [-0.2, 0) is 4.74 Å². The Bertz CT molecular complexity index is 768. The van der Waals surface area contributed by atoms with E-state index in [1.165, 1.54) is 25.7 Å². The number of imidazole rings is 1. The highest BCUT2D eigenvalue weighted by Crippen LogP contribution is 2.32. The largest absolute Gasteiger partial charge is 0.371 e. The van der Waals surface area contributed by atoms with E-state index in [9.17, 15) is 4.79 Å². The second kappa shape index (κ2) is 5.55. The minimum atomic E-state index is 0.0556. The fourth-order valence-corrected chi connectivity index (χ4v) is 4.45. The Hall–Kier alpha value is -1.95. The molecule has 2 aliphatic heterocycles. The zero-order valence-electron chi connectivity index (χ0n) is 13.7. The fraction of sp³-hybridized carbons (Fsp3) is 0.611. The number of carbonyl (C=O) groups excluding carboxylic acids is 1. The lowest BCUT2D eigenvalue weighted by Crippen LogP contribution is -2.45. The third kappa shape index (κ3) is 2.32. The maximum Gasteiger partial charge on any atom is 0.255 e.